The molecule has 1 unspecified atom stereocenters. The van der Waals surface area contributed by atoms with Crippen molar-refractivity contribution in [3.63, 3.8) is 0 Å². The van der Waals surface area contributed by atoms with Gasteiger partial charge in [0.1, 0.15) is 6.04 Å². The van der Waals surface area contributed by atoms with Gasteiger partial charge in [-0.3, -0.25) is 4.79 Å². The molecule has 1 aromatic carbocycles. The van der Waals surface area contributed by atoms with E-state index in [1.165, 1.54) is 24.3 Å². The van der Waals surface area contributed by atoms with Crippen molar-refractivity contribution >= 4 is 21.9 Å². The Labute approximate surface area is 122 Å². The molecule has 1 atom stereocenters. The zero-order valence-electron chi connectivity index (χ0n) is 11.2. The molecule has 1 aliphatic carbocycles. The number of hydrogen-bond donors (Lipinski definition) is 3. The van der Waals surface area contributed by atoms with Gasteiger partial charge in [-0.25, -0.2) is 18.4 Å². The Morgan fingerprint density at radius 1 is 1.38 bits per heavy atom. The first-order chi connectivity index (χ1) is 9.76. The third kappa shape index (κ3) is 4.54. The molecular weight excluding hydrogens is 296 g/mol. The molecule has 0 bridgehead atoms. The molecule has 4 N–H and O–H groups in total. The number of benzene rings is 1. The van der Waals surface area contributed by atoms with Gasteiger partial charge in [0, 0.05) is 5.56 Å². The molecule has 2 rings (SSSR count). The van der Waals surface area contributed by atoms with Gasteiger partial charge in [0.05, 0.1) is 5.75 Å². The average molecular weight is 312 g/mol. The van der Waals surface area contributed by atoms with Crippen LogP contribution >= 0.6 is 0 Å². The minimum atomic E-state index is -3.69. The lowest BCUT2D eigenvalue weighted by Gasteiger charge is -2.13. The molecule has 21 heavy (non-hydrogen) atoms. The number of aliphatic carboxylic acids is 1. The van der Waals surface area contributed by atoms with Crippen LogP contribution in [0, 0.1) is 5.92 Å². The van der Waals surface area contributed by atoms with Crippen LogP contribution in [0.15, 0.2) is 24.3 Å². The second-order valence-corrected chi connectivity index (χ2v) is 6.75. The Hall–Kier alpha value is -1.93. The number of carboxylic acids is 1. The van der Waals surface area contributed by atoms with Crippen molar-refractivity contribution in [2.45, 2.75) is 24.6 Å². The lowest BCUT2D eigenvalue weighted by atomic mass is 10.1. The largest absolute Gasteiger partial charge is 0.480 e. The van der Waals surface area contributed by atoms with Gasteiger partial charge in [-0.15, -0.1) is 0 Å². The van der Waals surface area contributed by atoms with Gasteiger partial charge in [-0.2, -0.15) is 0 Å². The quantitative estimate of drug-likeness (QED) is 0.685. The second kappa shape index (κ2) is 5.82. The Balaban J connectivity index is 2.12. The minimum Gasteiger partial charge on any atom is -0.480 e. The first-order valence-corrected chi connectivity index (χ1v) is 8.11. The lowest BCUT2D eigenvalue weighted by molar-refractivity contribution is -0.139. The highest BCUT2D eigenvalue weighted by Gasteiger charge is 2.37. The smallest absolute Gasteiger partial charge is 0.326 e. The van der Waals surface area contributed by atoms with E-state index in [2.05, 4.69) is 5.32 Å². The van der Waals surface area contributed by atoms with Crippen LogP contribution in [0.25, 0.3) is 0 Å². The summed E-state index contributed by atoms with van der Waals surface area (Å²) in [4.78, 5) is 23.1. The van der Waals surface area contributed by atoms with Crippen LogP contribution in [0.5, 0.6) is 0 Å². The van der Waals surface area contributed by atoms with Crippen LogP contribution in [0.4, 0.5) is 0 Å². The summed E-state index contributed by atoms with van der Waals surface area (Å²) in [6.45, 7) is 0. The highest BCUT2D eigenvalue weighted by molar-refractivity contribution is 7.88. The average Bonchev–Trinajstić information content (AvgIpc) is 3.17. The lowest BCUT2D eigenvalue weighted by Crippen LogP contribution is -2.42. The number of carboxylic acid groups (broad SMARTS) is 1. The summed E-state index contributed by atoms with van der Waals surface area (Å²) < 4.78 is 22.1. The predicted octanol–water partition coefficient (Wildman–Crippen LogP) is 0.0681. The minimum absolute atomic E-state index is 0.0287. The number of carbonyl (C=O) groups is 2. The van der Waals surface area contributed by atoms with E-state index in [1.807, 2.05) is 0 Å². The number of sulfonamides is 1. The van der Waals surface area contributed by atoms with Gasteiger partial charge in [0.2, 0.25) is 10.0 Å². The molecule has 1 aromatic rings. The fourth-order valence-electron chi connectivity index (χ4n) is 2.07. The summed E-state index contributed by atoms with van der Waals surface area (Å²) in [7, 11) is -3.69. The predicted molar refractivity (Wildman–Crippen MR) is 74.9 cm³/mol. The number of carbonyl (C=O) groups excluding carboxylic acids is 1. The monoisotopic (exact) mass is 312 g/mol. The number of nitrogens with two attached hydrogens (primary N) is 1. The molecular formula is C13H16N2O5S. The highest BCUT2D eigenvalue weighted by atomic mass is 32.2. The van der Waals surface area contributed by atoms with Crippen molar-refractivity contribution in [2.24, 2.45) is 11.1 Å². The Morgan fingerprint density at radius 3 is 2.57 bits per heavy atom. The van der Waals surface area contributed by atoms with Crippen molar-refractivity contribution in [1.29, 1.82) is 0 Å². The van der Waals surface area contributed by atoms with Gasteiger partial charge < -0.3 is 10.4 Å². The van der Waals surface area contributed by atoms with E-state index in [0.29, 0.717) is 5.56 Å². The maximum Gasteiger partial charge on any atom is 0.326 e. The Kier molecular flexibility index (Phi) is 4.29. The van der Waals surface area contributed by atoms with Gasteiger partial charge >= 0.3 is 5.97 Å². The van der Waals surface area contributed by atoms with Gasteiger partial charge in [0.25, 0.3) is 5.91 Å². The van der Waals surface area contributed by atoms with Crippen LogP contribution in [0.2, 0.25) is 0 Å². The van der Waals surface area contributed by atoms with Gasteiger partial charge in [-0.05, 0) is 36.5 Å². The van der Waals surface area contributed by atoms with Crippen molar-refractivity contribution in [3.8, 4) is 0 Å². The normalized spacial score (nSPS) is 16.2. The maximum absolute atomic E-state index is 12.1. The first-order valence-electron chi connectivity index (χ1n) is 6.39. The van der Waals surface area contributed by atoms with Crippen LogP contribution in [-0.2, 0) is 20.6 Å². The van der Waals surface area contributed by atoms with Crippen molar-refractivity contribution in [2.75, 3.05) is 0 Å². The Bertz CT molecular complexity index is 667. The summed E-state index contributed by atoms with van der Waals surface area (Å²) in [5.74, 6) is -2.00. The van der Waals surface area contributed by atoms with Gasteiger partial charge in [-0.1, -0.05) is 12.1 Å². The van der Waals surface area contributed by atoms with E-state index in [4.69, 9.17) is 10.2 Å². The number of rotatable bonds is 6. The van der Waals surface area contributed by atoms with Crippen molar-refractivity contribution in [1.82, 2.24) is 5.32 Å². The number of primary sulfonamides is 1. The van der Waals surface area contributed by atoms with E-state index in [0.717, 1.165) is 12.8 Å². The van der Waals surface area contributed by atoms with Gasteiger partial charge in [0.15, 0.2) is 0 Å². The van der Waals surface area contributed by atoms with Crippen molar-refractivity contribution in [3.05, 3.63) is 35.4 Å². The summed E-state index contributed by atoms with van der Waals surface area (Å²) in [6.07, 6.45) is 1.56. The molecule has 1 aliphatic rings. The van der Waals surface area contributed by atoms with Crippen LogP contribution < -0.4 is 10.5 Å². The number of hydrogen-bond acceptors (Lipinski definition) is 4. The molecule has 1 fully saturated rings. The fraction of sp³-hybridized carbons (Fsp3) is 0.385. The summed E-state index contributed by atoms with van der Waals surface area (Å²) in [6, 6.07) is 5.05. The molecule has 0 spiro atoms. The second-order valence-electron chi connectivity index (χ2n) is 5.13. The molecule has 7 nitrogen and oxygen atoms in total. The standard InChI is InChI=1S/C13H16N2O5S/c14-21(19,20)7-8-2-1-3-10(6-8)12(16)15-11(13(17)18)9-4-5-9/h1-3,6,9,11H,4-5,7H2,(H,15,16)(H,17,18)(H2,14,19,20). The molecule has 0 saturated heterocycles. The SMILES string of the molecule is NS(=O)(=O)Cc1cccc(C(=O)NC(C(=O)O)C2CC2)c1. The van der Waals surface area contributed by atoms with Crippen LogP contribution in [0.1, 0.15) is 28.8 Å². The molecule has 1 saturated carbocycles. The highest BCUT2D eigenvalue weighted by Crippen LogP contribution is 2.32. The summed E-state index contributed by atoms with van der Waals surface area (Å²) in [5.41, 5.74) is 0.589. The third-order valence-electron chi connectivity index (χ3n) is 3.20. The van der Waals surface area contributed by atoms with E-state index in [9.17, 15) is 18.0 Å². The third-order valence-corrected chi connectivity index (χ3v) is 3.94. The fourth-order valence-corrected chi connectivity index (χ4v) is 2.71. The molecule has 0 aromatic heterocycles. The zero-order chi connectivity index (χ0) is 15.6. The zero-order valence-corrected chi connectivity index (χ0v) is 12.0. The van der Waals surface area contributed by atoms with E-state index < -0.39 is 27.9 Å². The molecule has 0 heterocycles. The van der Waals surface area contributed by atoms with Crippen LogP contribution in [0.3, 0.4) is 0 Å². The summed E-state index contributed by atoms with van der Waals surface area (Å²) >= 11 is 0. The van der Waals surface area contributed by atoms with Crippen LogP contribution in [-0.4, -0.2) is 31.4 Å². The van der Waals surface area contributed by atoms with E-state index in [1.54, 1.807) is 0 Å². The molecule has 114 valence electrons. The molecule has 0 aliphatic heterocycles. The van der Waals surface area contributed by atoms with E-state index in [-0.39, 0.29) is 17.2 Å². The Morgan fingerprint density at radius 2 is 2.05 bits per heavy atom. The number of nitrogens with one attached hydrogen (secondary N) is 1. The number of amides is 1. The van der Waals surface area contributed by atoms with Crippen molar-refractivity contribution < 1.29 is 23.1 Å². The maximum atomic E-state index is 12.1. The molecule has 8 heteroatoms. The van der Waals surface area contributed by atoms with E-state index >= 15 is 0 Å². The first kappa shape index (κ1) is 15.5. The topological polar surface area (TPSA) is 127 Å². The summed E-state index contributed by atoms with van der Waals surface area (Å²) in [5, 5.41) is 16.5. The molecule has 1 amide bonds. The molecule has 0 radical (unpaired) electrons.